The Bertz CT molecular complexity index is 685. The maximum atomic E-state index is 12.0. The Balaban J connectivity index is 1.77. The normalized spacial score (nSPS) is 10.8. The molecule has 0 saturated carbocycles. The molecule has 0 atom stereocenters. The van der Waals surface area contributed by atoms with Crippen molar-refractivity contribution in [2.45, 2.75) is 19.8 Å². The van der Waals surface area contributed by atoms with Gasteiger partial charge < -0.3 is 10.4 Å². The summed E-state index contributed by atoms with van der Waals surface area (Å²) in [5.74, 6) is -1.08. The number of aliphatic carboxylic acids is 1. The number of carboxylic acid groups (broad SMARTS) is 1. The van der Waals surface area contributed by atoms with Gasteiger partial charge >= 0.3 is 5.97 Å². The van der Waals surface area contributed by atoms with Crippen LogP contribution in [0.4, 0.5) is 0 Å². The molecule has 0 saturated heterocycles. The van der Waals surface area contributed by atoms with Crippen LogP contribution < -0.4 is 5.32 Å². The summed E-state index contributed by atoms with van der Waals surface area (Å²) in [7, 11) is 0. The van der Waals surface area contributed by atoms with Crippen molar-refractivity contribution in [2.24, 2.45) is 0 Å². The molecule has 25 heavy (non-hydrogen) atoms. The van der Waals surface area contributed by atoms with E-state index in [1.165, 1.54) is 0 Å². The fraction of sp³-hybridized carbons (Fsp3) is 0.389. The van der Waals surface area contributed by atoms with Gasteiger partial charge in [0.1, 0.15) is 0 Å². The van der Waals surface area contributed by atoms with Gasteiger partial charge in [-0.3, -0.25) is 14.5 Å². The van der Waals surface area contributed by atoms with Gasteiger partial charge in [-0.05, 0) is 37.1 Å². The average Bonchev–Trinajstić information content (AvgIpc) is 3.04. The molecular weight excluding hydrogens is 320 g/mol. The molecule has 1 aromatic carbocycles. The summed E-state index contributed by atoms with van der Waals surface area (Å²) in [6.45, 7) is 3.02. The van der Waals surface area contributed by atoms with Crippen molar-refractivity contribution >= 4 is 11.9 Å². The molecular formula is C18H24N4O3. The van der Waals surface area contributed by atoms with E-state index in [0.29, 0.717) is 19.5 Å². The highest BCUT2D eigenvalue weighted by Crippen LogP contribution is 2.07. The monoisotopic (exact) mass is 344 g/mol. The SMILES string of the molecule is CCCN(CC(=O)O)CC(=O)NCCc1cnn(-c2ccccc2)c1. The number of nitrogens with zero attached hydrogens (tertiary/aromatic N) is 3. The highest BCUT2D eigenvalue weighted by Gasteiger charge is 2.13. The Hall–Kier alpha value is -2.67. The number of carbonyl (C=O) groups excluding carboxylic acids is 1. The number of carbonyl (C=O) groups is 2. The van der Waals surface area contributed by atoms with Crippen LogP contribution in [0.3, 0.4) is 0 Å². The van der Waals surface area contributed by atoms with E-state index >= 15 is 0 Å². The minimum atomic E-state index is -0.922. The third kappa shape index (κ3) is 6.39. The highest BCUT2D eigenvalue weighted by atomic mass is 16.4. The van der Waals surface area contributed by atoms with Crippen LogP contribution in [0.15, 0.2) is 42.7 Å². The summed E-state index contributed by atoms with van der Waals surface area (Å²) in [5.41, 5.74) is 2.02. The molecule has 0 aliphatic carbocycles. The topological polar surface area (TPSA) is 87.5 Å². The lowest BCUT2D eigenvalue weighted by Gasteiger charge is -2.18. The van der Waals surface area contributed by atoms with Crippen LogP contribution in [-0.2, 0) is 16.0 Å². The first kappa shape index (κ1) is 18.7. The first-order valence-corrected chi connectivity index (χ1v) is 8.38. The van der Waals surface area contributed by atoms with E-state index < -0.39 is 5.97 Å². The van der Waals surface area contributed by atoms with Crippen LogP contribution in [-0.4, -0.2) is 57.8 Å². The Kier molecular flexibility index (Phi) is 7.16. The molecule has 1 heterocycles. The number of rotatable bonds is 10. The number of aromatic nitrogens is 2. The van der Waals surface area contributed by atoms with Gasteiger partial charge in [-0.15, -0.1) is 0 Å². The Morgan fingerprint density at radius 1 is 1.24 bits per heavy atom. The van der Waals surface area contributed by atoms with E-state index in [4.69, 9.17) is 5.11 Å². The van der Waals surface area contributed by atoms with Gasteiger partial charge in [0.15, 0.2) is 0 Å². The maximum absolute atomic E-state index is 12.0. The van der Waals surface area contributed by atoms with Crippen molar-refractivity contribution in [3.63, 3.8) is 0 Å². The Labute approximate surface area is 147 Å². The molecule has 2 N–H and O–H groups in total. The van der Waals surface area contributed by atoms with E-state index in [1.807, 2.05) is 43.5 Å². The van der Waals surface area contributed by atoms with Gasteiger partial charge in [0.2, 0.25) is 5.91 Å². The molecule has 0 bridgehead atoms. The zero-order valence-electron chi connectivity index (χ0n) is 14.4. The number of hydrogen-bond acceptors (Lipinski definition) is 4. The van der Waals surface area contributed by atoms with Crippen LogP contribution in [0, 0.1) is 0 Å². The number of benzene rings is 1. The molecule has 2 aromatic rings. The van der Waals surface area contributed by atoms with Gasteiger partial charge in [0.25, 0.3) is 0 Å². The third-order valence-corrected chi connectivity index (χ3v) is 3.66. The van der Waals surface area contributed by atoms with Gasteiger partial charge in [-0.1, -0.05) is 25.1 Å². The second-order valence-corrected chi connectivity index (χ2v) is 5.83. The molecule has 0 aliphatic rings. The quantitative estimate of drug-likeness (QED) is 0.679. The van der Waals surface area contributed by atoms with E-state index in [9.17, 15) is 9.59 Å². The summed E-state index contributed by atoms with van der Waals surface area (Å²) in [6, 6.07) is 9.81. The fourth-order valence-corrected chi connectivity index (χ4v) is 2.54. The minimum absolute atomic E-state index is 0.101. The van der Waals surface area contributed by atoms with Crippen molar-refractivity contribution in [2.75, 3.05) is 26.2 Å². The van der Waals surface area contributed by atoms with Gasteiger partial charge in [0.05, 0.1) is 25.0 Å². The number of nitrogens with one attached hydrogen (secondary N) is 1. The number of hydrogen-bond donors (Lipinski definition) is 2. The molecule has 0 aliphatic heterocycles. The molecule has 7 nitrogen and oxygen atoms in total. The molecule has 2 rings (SSSR count). The van der Waals surface area contributed by atoms with Gasteiger partial charge in [0, 0.05) is 12.7 Å². The highest BCUT2D eigenvalue weighted by molar-refractivity contribution is 5.79. The molecule has 7 heteroatoms. The van der Waals surface area contributed by atoms with Crippen LogP contribution in [0.1, 0.15) is 18.9 Å². The second-order valence-electron chi connectivity index (χ2n) is 5.83. The molecule has 0 spiro atoms. The van der Waals surface area contributed by atoms with Crippen LogP contribution in [0.5, 0.6) is 0 Å². The summed E-state index contributed by atoms with van der Waals surface area (Å²) < 4.78 is 1.80. The smallest absolute Gasteiger partial charge is 0.317 e. The van der Waals surface area contributed by atoms with E-state index in [1.54, 1.807) is 15.8 Å². The maximum Gasteiger partial charge on any atom is 0.317 e. The van der Waals surface area contributed by atoms with Gasteiger partial charge in [-0.2, -0.15) is 5.10 Å². The minimum Gasteiger partial charge on any atom is -0.480 e. The van der Waals surface area contributed by atoms with Crippen molar-refractivity contribution in [1.29, 1.82) is 0 Å². The summed E-state index contributed by atoms with van der Waals surface area (Å²) in [5, 5.41) is 16.0. The van der Waals surface area contributed by atoms with Gasteiger partial charge in [-0.25, -0.2) is 4.68 Å². The Morgan fingerprint density at radius 2 is 2.00 bits per heavy atom. The van der Waals surface area contributed by atoms with Crippen molar-refractivity contribution in [3.8, 4) is 5.69 Å². The van der Waals surface area contributed by atoms with Crippen LogP contribution >= 0.6 is 0 Å². The lowest BCUT2D eigenvalue weighted by Crippen LogP contribution is -2.40. The Morgan fingerprint density at radius 3 is 2.68 bits per heavy atom. The summed E-state index contributed by atoms with van der Waals surface area (Å²) in [4.78, 5) is 24.4. The van der Waals surface area contributed by atoms with Crippen LogP contribution in [0.25, 0.3) is 5.69 Å². The largest absolute Gasteiger partial charge is 0.480 e. The van der Waals surface area contributed by atoms with Crippen molar-refractivity contribution < 1.29 is 14.7 Å². The summed E-state index contributed by atoms with van der Waals surface area (Å²) >= 11 is 0. The first-order valence-electron chi connectivity index (χ1n) is 8.38. The predicted molar refractivity (Wildman–Crippen MR) is 94.6 cm³/mol. The zero-order chi connectivity index (χ0) is 18.1. The fourth-order valence-electron chi connectivity index (χ4n) is 2.54. The average molecular weight is 344 g/mol. The number of para-hydroxylation sites is 1. The first-order chi connectivity index (χ1) is 12.1. The number of carboxylic acids is 1. The van der Waals surface area contributed by atoms with E-state index in [0.717, 1.165) is 17.7 Å². The summed E-state index contributed by atoms with van der Waals surface area (Å²) in [6.07, 6.45) is 5.20. The molecule has 1 amide bonds. The third-order valence-electron chi connectivity index (χ3n) is 3.66. The lowest BCUT2D eigenvalue weighted by atomic mass is 10.2. The molecule has 0 unspecified atom stereocenters. The van der Waals surface area contributed by atoms with Crippen molar-refractivity contribution in [1.82, 2.24) is 20.0 Å². The second kappa shape index (κ2) is 9.58. The molecule has 134 valence electrons. The van der Waals surface area contributed by atoms with E-state index in [-0.39, 0.29) is 19.0 Å². The lowest BCUT2D eigenvalue weighted by molar-refractivity contribution is -0.138. The number of amides is 1. The standard InChI is InChI=1S/C18H24N4O3/c1-2-10-21(14-18(24)25)13-17(23)19-9-8-15-11-20-22(12-15)16-6-4-3-5-7-16/h3-7,11-12H,2,8-10,13-14H2,1H3,(H,19,23)(H,24,25). The molecule has 0 radical (unpaired) electrons. The molecule has 0 fully saturated rings. The van der Waals surface area contributed by atoms with Crippen molar-refractivity contribution in [3.05, 3.63) is 48.3 Å². The predicted octanol–water partition coefficient (Wildman–Crippen LogP) is 1.33. The van der Waals surface area contributed by atoms with E-state index in [2.05, 4.69) is 10.4 Å². The zero-order valence-corrected chi connectivity index (χ0v) is 14.4. The van der Waals surface area contributed by atoms with Crippen LogP contribution in [0.2, 0.25) is 0 Å². The molecule has 1 aromatic heterocycles.